The van der Waals surface area contributed by atoms with Gasteiger partial charge in [0.1, 0.15) is 0 Å². The van der Waals surface area contributed by atoms with E-state index in [0.717, 1.165) is 12.8 Å². The van der Waals surface area contributed by atoms with Crippen LogP contribution in [0.3, 0.4) is 0 Å². The molecule has 3 aliphatic carbocycles. The number of halogens is 2. The fourth-order valence-corrected chi connectivity index (χ4v) is 38.8. The van der Waals surface area contributed by atoms with Gasteiger partial charge in [-0.05, 0) is 0 Å². The predicted molar refractivity (Wildman–Crippen MR) is 216 cm³/mol. The SMILES string of the molecule is CCCC1=Cc2c(-c3ccc(C4CCCCC4)cc3)cccc2[CH]1[Zr]([Cl])([Cl])([CH]1C=Cc2c(-c3ccc(C(C)(C)C)cc3)cccc21)[SiH](C)C. The van der Waals surface area contributed by atoms with Crippen LogP contribution in [0.1, 0.15) is 119 Å². The average molecular weight is 784 g/mol. The fraction of sp³-hybridized carbons (Fsp3) is 0.378. The molecule has 0 amide bonds. The maximum absolute atomic E-state index is 8.55. The summed E-state index contributed by atoms with van der Waals surface area (Å²) in [7, 11) is 17.1. The van der Waals surface area contributed by atoms with E-state index in [4.69, 9.17) is 17.0 Å². The van der Waals surface area contributed by atoms with Gasteiger partial charge in [0.25, 0.3) is 0 Å². The summed E-state index contributed by atoms with van der Waals surface area (Å²) in [6.45, 7) is 14.0. The first kappa shape index (κ1) is 35.4. The second-order valence-corrected chi connectivity index (χ2v) is 59.1. The molecule has 0 bridgehead atoms. The van der Waals surface area contributed by atoms with Crippen LogP contribution >= 0.6 is 17.0 Å². The first-order chi connectivity index (χ1) is 23.4. The van der Waals surface area contributed by atoms with E-state index < -0.39 is 21.5 Å². The zero-order valence-electron chi connectivity index (χ0n) is 30.3. The molecule has 0 spiro atoms. The Bertz CT molecular complexity index is 1900. The molecule has 3 aliphatic rings. The molecule has 2 atom stereocenters. The molecule has 0 saturated heterocycles. The fourth-order valence-electron chi connectivity index (χ4n) is 9.33. The molecule has 0 radical (unpaired) electrons. The number of hydrogen-bond donors (Lipinski definition) is 0. The van der Waals surface area contributed by atoms with Gasteiger partial charge in [-0.15, -0.1) is 0 Å². The van der Waals surface area contributed by atoms with E-state index in [9.17, 15) is 0 Å². The van der Waals surface area contributed by atoms with Crippen LogP contribution in [-0.4, -0.2) is 5.92 Å². The summed E-state index contributed by atoms with van der Waals surface area (Å²) >= 11 is -4.72. The number of allylic oxidation sites excluding steroid dienone is 2. The van der Waals surface area contributed by atoms with Crippen molar-refractivity contribution in [2.75, 3.05) is 0 Å². The van der Waals surface area contributed by atoms with Crippen molar-refractivity contribution < 1.29 is 15.6 Å². The van der Waals surface area contributed by atoms with E-state index in [2.05, 4.69) is 144 Å². The second kappa shape index (κ2) is 13.5. The molecule has 4 aromatic rings. The molecule has 49 heavy (non-hydrogen) atoms. The van der Waals surface area contributed by atoms with Crippen LogP contribution < -0.4 is 0 Å². The van der Waals surface area contributed by atoms with Crippen molar-refractivity contribution in [3.63, 3.8) is 0 Å². The molecule has 0 nitrogen and oxygen atoms in total. The Morgan fingerprint density at radius 2 is 1.33 bits per heavy atom. The van der Waals surface area contributed by atoms with Crippen molar-refractivity contribution >= 4 is 35.1 Å². The van der Waals surface area contributed by atoms with Crippen LogP contribution in [0, 0.1) is 0 Å². The molecule has 7 rings (SSSR count). The molecule has 0 N–H and O–H groups in total. The zero-order chi connectivity index (χ0) is 34.6. The molecule has 255 valence electrons. The summed E-state index contributed by atoms with van der Waals surface area (Å²) in [5.74, 6) is -0.867. The molecule has 4 heteroatoms. The van der Waals surface area contributed by atoms with Crippen LogP contribution in [0.4, 0.5) is 0 Å². The zero-order valence-corrected chi connectivity index (χ0v) is 35.5. The van der Waals surface area contributed by atoms with E-state index in [1.807, 2.05) is 0 Å². The normalized spacial score (nSPS) is 20.2. The molecule has 1 fully saturated rings. The van der Waals surface area contributed by atoms with Crippen molar-refractivity contribution in [3.8, 4) is 22.3 Å². The van der Waals surface area contributed by atoms with E-state index >= 15 is 0 Å². The Morgan fingerprint density at radius 3 is 1.92 bits per heavy atom. The number of hydrogen-bond acceptors (Lipinski definition) is 0. The van der Waals surface area contributed by atoms with Crippen molar-refractivity contribution in [1.29, 1.82) is 0 Å². The summed E-state index contributed by atoms with van der Waals surface area (Å²) in [5, 5.41) is 0. The van der Waals surface area contributed by atoms with Gasteiger partial charge < -0.3 is 0 Å². The summed E-state index contributed by atoms with van der Waals surface area (Å²) in [6, 6.07) is 32.5. The van der Waals surface area contributed by atoms with Crippen LogP contribution in [0.25, 0.3) is 34.4 Å². The Balaban J connectivity index is 1.30. The number of rotatable bonds is 8. The maximum atomic E-state index is 8.55. The molecule has 0 aliphatic heterocycles. The van der Waals surface area contributed by atoms with Gasteiger partial charge in [-0.2, -0.15) is 0 Å². The van der Waals surface area contributed by atoms with Gasteiger partial charge in [-0.3, -0.25) is 0 Å². The summed E-state index contributed by atoms with van der Waals surface area (Å²) in [5.41, 5.74) is 15.0. The third-order valence-corrected chi connectivity index (χ3v) is 64.2. The second-order valence-electron chi connectivity index (χ2n) is 16.5. The molecule has 2 unspecified atom stereocenters. The Morgan fingerprint density at radius 1 is 0.735 bits per heavy atom. The quantitative estimate of drug-likeness (QED) is 0.156. The summed E-state index contributed by atoms with van der Waals surface area (Å²) < 4.78 is 0.220. The van der Waals surface area contributed by atoms with Crippen LogP contribution in [-0.2, 0) is 21.0 Å². The molecular formula is C45H53Cl2SiZr. The van der Waals surface area contributed by atoms with Crippen molar-refractivity contribution in [1.82, 2.24) is 0 Å². The van der Waals surface area contributed by atoms with Gasteiger partial charge in [0.2, 0.25) is 0 Å². The van der Waals surface area contributed by atoms with Crippen molar-refractivity contribution in [3.05, 3.63) is 130 Å². The van der Waals surface area contributed by atoms with Crippen molar-refractivity contribution in [2.45, 2.75) is 104 Å². The number of benzene rings is 4. The van der Waals surface area contributed by atoms with Crippen molar-refractivity contribution in [2.24, 2.45) is 0 Å². The van der Waals surface area contributed by atoms with Gasteiger partial charge in [0, 0.05) is 0 Å². The minimum absolute atomic E-state index is 0.0925. The first-order valence-corrected chi connectivity index (χ1v) is 35.2. The molecular weight excluding hydrogens is 731 g/mol. The van der Waals surface area contributed by atoms with Gasteiger partial charge >= 0.3 is 307 Å². The molecule has 4 aromatic carbocycles. The van der Waals surface area contributed by atoms with Crippen LogP contribution in [0.2, 0.25) is 13.1 Å². The molecule has 0 aromatic heterocycles. The molecule has 1 saturated carbocycles. The van der Waals surface area contributed by atoms with Gasteiger partial charge in [-0.1, -0.05) is 0 Å². The molecule has 0 heterocycles. The van der Waals surface area contributed by atoms with Crippen LogP contribution in [0.5, 0.6) is 0 Å². The summed E-state index contributed by atoms with van der Waals surface area (Å²) in [4.78, 5) is 0. The van der Waals surface area contributed by atoms with E-state index in [0.29, 0.717) is 5.92 Å². The standard InChI is InChI=1S/C24H27.C19H19.C2H7Si.2ClH.Zr/c1-2-7-18-16-22-10-6-11-23(24(22)17-18)21-14-12-20(13-15-21)19-8-4-3-5-9-19;1-19(2,3)16-12-10-15(11-13-16)18-9-5-7-14-6-4-8-17(14)18;1-3-2;;;/h6,10-17,19H,2-5,7-9H2,1H3;4-13H,1-3H3;3H,1-2H3;2*1H;/q;;;;;+2/p-2. The third kappa shape index (κ3) is 6.20. The van der Waals surface area contributed by atoms with E-state index in [1.165, 1.54) is 93.3 Å². The van der Waals surface area contributed by atoms with Crippen LogP contribution in [0.15, 0.2) is 96.6 Å². The number of fused-ring (bicyclic) bond motifs is 2. The average Bonchev–Trinajstić information content (AvgIpc) is 3.72. The van der Waals surface area contributed by atoms with Gasteiger partial charge in [0.05, 0.1) is 0 Å². The third-order valence-electron chi connectivity index (χ3n) is 12.2. The summed E-state index contributed by atoms with van der Waals surface area (Å²) in [6.07, 6.45) is 16.2. The predicted octanol–water partition coefficient (Wildman–Crippen LogP) is 14.4. The topological polar surface area (TPSA) is 0 Å². The van der Waals surface area contributed by atoms with Gasteiger partial charge in [-0.25, -0.2) is 0 Å². The Labute approximate surface area is 304 Å². The first-order valence-electron chi connectivity index (χ1n) is 18.8. The van der Waals surface area contributed by atoms with Gasteiger partial charge in [0.15, 0.2) is 0 Å². The van der Waals surface area contributed by atoms with E-state index in [-0.39, 0.29) is 12.7 Å². The monoisotopic (exact) mass is 781 g/mol. The Kier molecular flexibility index (Phi) is 9.80. The van der Waals surface area contributed by atoms with E-state index in [1.54, 1.807) is 0 Å². The minimum atomic E-state index is -4.72. The Hall–Kier alpha value is -1.96.